The standard InChI is InChI=1S/C45H80NO8P/c1-3-5-7-9-11-13-15-17-19-21-23-25-27-29-31-33-35-37-44(47)51-41-43(42-53-55(49,50)52-40-39-46)54-45(48)38-36-34-32-30-28-26-24-22-20-18-16-14-12-10-8-6-4-2/h11-14,17-20,23,25,43H,3-10,15-16,21-22,24,26-42,46H2,1-2H3,(H,49,50)/b13-11-,14-12-,19-17-,20-18-,25-23-/t43-/m1/s1. The van der Waals surface area contributed by atoms with Crippen LogP contribution >= 0.6 is 7.82 Å². The van der Waals surface area contributed by atoms with E-state index in [0.717, 1.165) is 70.6 Å². The Morgan fingerprint density at radius 2 is 0.945 bits per heavy atom. The van der Waals surface area contributed by atoms with Gasteiger partial charge in [0, 0.05) is 19.4 Å². The second-order valence-corrected chi connectivity index (χ2v) is 15.7. The largest absolute Gasteiger partial charge is 0.472 e. The number of carbonyl (C=O) groups excluding carboxylic acids is 2. The van der Waals surface area contributed by atoms with E-state index in [0.29, 0.717) is 12.8 Å². The van der Waals surface area contributed by atoms with Gasteiger partial charge in [0.05, 0.1) is 13.2 Å². The summed E-state index contributed by atoms with van der Waals surface area (Å²) < 4.78 is 32.8. The fourth-order valence-electron chi connectivity index (χ4n) is 5.61. The van der Waals surface area contributed by atoms with Crippen molar-refractivity contribution in [2.24, 2.45) is 5.73 Å². The minimum absolute atomic E-state index is 0.0461. The highest BCUT2D eigenvalue weighted by molar-refractivity contribution is 7.47. The van der Waals surface area contributed by atoms with E-state index >= 15 is 0 Å². The van der Waals surface area contributed by atoms with E-state index < -0.39 is 32.5 Å². The van der Waals surface area contributed by atoms with Crippen molar-refractivity contribution in [1.29, 1.82) is 0 Å². The van der Waals surface area contributed by atoms with Crippen LogP contribution in [0.5, 0.6) is 0 Å². The first-order valence-electron chi connectivity index (χ1n) is 21.8. The molecule has 9 nitrogen and oxygen atoms in total. The molecule has 0 bridgehead atoms. The van der Waals surface area contributed by atoms with Crippen molar-refractivity contribution >= 4 is 19.8 Å². The number of unbranched alkanes of at least 4 members (excludes halogenated alkanes) is 17. The zero-order chi connectivity index (χ0) is 40.3. The van der Waals surface area contributed by atoms with Gasteiger partial charge in [0.2, 0.25) is 0 Å². The molecule has 0 radical (unpaired) electrons. The van der Waals surface area contributed by atoms with Gasteiger partial charge < -0.3 is 20.1 Å². The molecule has 0 amide bonds. The summed E-state index contributed by atoms with van der Waals surface area (Å²) in [7, 11) is -4.39. The maximum atomic E-state index is 12.6. The summed E-state index contributed by atoms with van der Waals surface area (Å²) in [5.74, 6) is -0.866. The van der Waals surface area contributed by atoms with Crippen molar-refractivity contribution in [3.05, 3.63) is 60.8 Å². The average Bonchev–Trinajstić information content (AvgIpc) is 3.17. The number of phosphoric acid groups is 1. The molecular weight excluding hydrogens is 713 g/mol. The lowest BCUT2D eigenvalue weighted by molar-refractivity contribution is -0.161. The Hall–Kier alpha value is -2.29. The van der Waals surface area contributed by atoms with Crippen LogP contribution in [0.15, 0.2) is 60.8 Å². The average molecular weight is 794 g/mol. The number of carbonyl (C=O) groups is 2. The zero-order valence-corrected chi connectivity index (χ0v) is 35.8. The van der Waals surface area contributed by atoms with E-state index in [9.17, 15) is 19.0 Å². The first kappa shape index (κ1) is 52.7. The van der Waals surface area contributed by atoms with Crippen LogP contribution in [0.25, 0.3) is 0 Å². The van der Waals surface area contributed by atoms with Crippen LogP contribution in [-0.4, -0.2) is 49.3 Å². The molecule has 0 aliphatic heterocycles. The molecule has 0 aromatic rings. The fourth-order valence-corrected chi connectivity index (χ4v) is 6.38. The molecule has 0 aromatic heterocycles. The zero-order valence-electron chi connectivity index (χ0n) is 34.9. The number of allylic oxidation sites excluding steroid dienone is 10. The molecule has 0 rings (SSSR count). The Bertz CT molecular complexity index is 1090. The highest BCUT2D eigenvalue weighted by atomic mass is 31.2. The van der Waals surface area contributed by atoms with Crippen LogP contribution in [-0.2, 0) is 32.7 Å². The molecule has 0 fully saturated rings. The lowest BCUT2D eigenvalue weighted by Gasteiger charge is -2.19. The van der Waals surface area contributed by atoms with Crippen LogP contribution in [0.2, 0.25) is 0 Å². The molecule has 0 heterocycles. The van der Waals surface area contributed by atoms with Crippen LogP contribution in [0.3, 0.4) is 0 Å². The Kier molecular flexibility index (Phi) is 39.6. The van der Waals surface area contributed by atoms with Crippen LogP contribution in [0.1, 0.15) is 181 Å². The maximum Gasteiger partial charge on any atom is 0.472 e. The number of ether oxygens (including phenoxy) is 2. The molecule has 1 unspecified atom stereocenters. The van der Waals surface area contributed by atoms with Crippen LogP contribution < -0.4 is 5.73 Å². The third-order valence-electron chi connectivity index (χ3n) is 8.88. The van der Waals surface area contributed by atoms with Gasteiger partial charge in [-0.3, -0.25) is 18.6 Å². The molecule has 0 spiro atoms. The maximum absolute atomic E-state index is 12.6. The van der Waals surface area contributed by atoms with Crippen molar-refractivity contribution in [2.75, 3.05) is 26.4 Å². The van der Waals surface area contributed by atoms with Gasteiger partial charge in [-0.25, -0.2) is 4.57 Å². The van der Waals surface area contributed by atoms with Gasteiger partial charge in [-0.15, -0.1) is 0 Å². The van der Waals surface area contributed by atoms with Crippen molar-refractivity contribution in [2.45, 2.75) is 187 Å². The second-order valence-electron chi connectivity index (χ2n) is 14.2. The van der Waals surface area contributed by atoms with Gasteiger partial charge in [0.25, 0.3) is 0 Å². The Labute approximate surface area is 336 Å². The lowest BCUT2D eigenvalue weighted by atomic mass is 10.1. The van der Waals surface area contributed by atoms with Gasteiger partial charge >= 0.3 is 19.8 Å². The fraction of sp³-hybridized carbons (Fsp3) is 0.733. The highest BCUT2D eigenvalue weighted by Gasteiger charge is 2.26. The molecule has 0 aliphatic rings. The summed E-state index contributed by atoms with van der Waals surface area (Å²) in [5.41, 5.74) is 5.34. The molecule has 10 heteroatoms. The molecular formula is C45H80NO8P. The van der Waals surface area contributed by atoms with Crippen molar-refractivity contribution in [1.82, 2.24) is 0 Å². The summed E-state index contributed by atoms with van der Waals surface area (Å²) in [4.78, 5) is 34.9. The van der Waals surface area contributed by atoms with Crippen molar-refractivity contribution in [3.63, 3.8) is 0 Å². The number of nitrogens with two attached hydrogens (primary N) is 1. The summed E-state index contributed by atoms with van der Waals surface area (Å²) in [6, 6.07) is 0. The number of phosphoric ester groups is 1. The SMILES string of the molecule is CCCCC/C=C\C/C=C\C/C=C\CCCCCCC(=O)OC[C@H](COP(=O)(O)OCCN)OC(=O)CCCCCCCCC/C=C\C/C=C\CCCCC. The van der Waals surface area contributed by atoms with Crippen LogP contribution in [0, 0.1) is 0 Å². The Morgan fingerprint density at radius 3 is 1.40 bits per heavy atom. The summed E-state index contributed by atoms with van der Waals surface area (Å²) in [6.45, 7) is 3.64. The van der Waals surface area contributed by atoms with Crippen LogP contribution in [0.4, 0.5) is 0 Å². The minimum atomic E-state index is -4.39. The van der Waals surface area contributed by atoms with E-state index in [2.05, 4.69) is 74.6 Å². The first-order chi connectivity index (χ1) is 26.8. The monoisotopic (exact) mass is 794 g/mol. The van der Waals surface area contributed by atoms with E-state index in [1.165, 1.54) is 70.6 Å². The summed E-state index contributed by atoms with van der Waals surface area (Å²) >= 11 is 0. The van der Waals surface area contributed by atoms with Gasteiger partial charge in [-0.2, -0.15) is 0 Å². The third kappa shape index (κ3) is 41.2. The highest BCUT2D eigenvalue weighted by Crippen LogP contribution is 2.43. The molecule has 0 aliphatic carbocycles. The lowest BCUT2D eigenvalue weighted by Crippen LogP contribution is -2.29. The molecule has 2 atom stereocenters. The molecule has 0 saturated heterocycles. The quantitative estimate of drug-likeness (QED) is 0.0269. The normalized spacial score (nSPS) is 13.9. The molecule has 3 N–H and O–H groups in total. The Balaban J connectivity index is 4.22. The molecule has 55 heavy (non-hydrogen) atoms. The predicted octanol–water partition coefficient (Wildman–Crippen LogP) is 12.5. The number of hydrogen-bond acceptors (Lipinski definition) is 8. The molecule has 0 saturated carbocycles. The van der Waals surface area contributed by atoms with E-state index in [1.807, 2.05) is 0 Å². The smallest absolute Gasteiger partial charge is 0.462 e. The van der Waals surface area contributed by atoms with Gasteiger partial charge in [0.1, 0.15) is 6.61 Å². The van der Waals surface area contributed by atoms with E-state index in [4.69, 9.17) is 24.3 Å². The first-order valence-corrected chi connectivity index (χ1v) is 23.3. The number of hydrogen-bond donors (Lipinski definition) is 2. The summed E-state index contributed by atoms with van der Waals surface area (Å²) in [6.07, 6.45) is 48.1. The van der Waals surface area contributed by atoms with E-state index in [1.54, 1.807) is 0 Å². The number of rotatable bonds is 40. The number of esters is 2. The van der Waals surface area contributed by atoms with Crippen molar-refractivity contribution < 1.29 is 37.6 Å². The van der Waals surface area contributed by atoms with Gasteiger partial charge in [-0.1, -0.05) is 145 Å². The topological polar surface area (TPSA) is 134 Å². The minimum Gasteiger partial charge on any atom is -0.462 e. The van der Waals surface area contributed by atoms with E-state index in [-0.39, 0.29) is 32.6 Å². The predicted molar refractivity (Wildman–Crippen MR) is 229 cm³/mol. The molecule has 0 aromatic carbocycles. The third-order valence-corrected chi connectivity index (χ3v) is 9.86. The molecule has 318 valence electrons. The van der Waals surface area contributed by atoms with Gasteiger partial charge in [0.15, 0.2) is 6.10 Å². The van der Waals surface area contributed by atoms with Crippen molar-refractivity contribution in [3.8, 4) is 0 Å². The summed E-state index contributed by atoms with van der Waals surface area (Å²) in [5, 5.41) is 0. The van der Waals surface area contributed by atoms with Gasteiger partial charge in [-0.05, 0) is 83.5 Å². The Morgan fingerprint density at radius 1 is 0.545 bits per heavy atom. The second kappa shape index (κ2) is 41.3.